The highest BCUT2D eigenvalue weighted by Crippen LogP contribution is 2.34. The van der Waals surface area contributed by atoms with Crippen LogP contribution in [0, 0.1) is 0 Å². The summed E-state index contributed by atoms with van der Waals surface area (Å²) in [6.45, 7) is 2.33. The molecule has 162 valence electrons. The first-order valence-electron chi connectivity index (χ1n) is 10.1. The number of anilines is 1. The predicted octanol–water partition coefficient (Wildman–Crippen LogP) is 3.23. The fourth-order valence-electron chi connectivity index (χ4n) is 3.58. The first-order chi connectivity index (χ1) is 14.5. The Morgan fingerprint density at radius 2 is 2.03 bits per heavy atom. The van der Waals surface area contributed by atoms with Crippen LogP contribution >= 0.6 is 11.6 Å². The maximum atomic E-state index is 12.6. The Kier molecular flexibility index (Phi) is 8.01. The normalized spacial score (nSPS) is 16.5. The molecule has 0 spiro atoms. The molecule has 1 amide bonds. The van der Waals surface area contributed by atoms with E-state index in [2.05, 4.69) is 4.98 Å². The Balaban J connectivity index is 1.82. The zero-order valence-electron chi connectivity index (χ0n) is 17.8. The Morgan fingerprint density at radius 3 is 2.73 bits per heavy atom. The number of halogens is 1. The highest BCUT2D eigenvalue weighted by Gasteiger charge is 2.28. The molecule has 1 aliphatic rings. The number of hydrogen-bond donors (Lipinski definition) is 0. The van der Waals surface area contributed by atoms with Crippen LogP contribution in [-0.4, -0.2) is 74.9 Å². The zero-order valence-corrected chi connectivity index (χ0v) is 18.6. The molecule has 0 radical (unpaired) electrons. The van der Waals surface area contributed by atoms with Crippen LogP contribution < -0.4 is 4.90 Å². The van der Waals surface area contributed by atoms with Crippen molar-refractivity contribution < 1.29 is 14.3 Å². The van der Waals surface area contributed by atoms with Crippen molar-refractivity contribution in [3.05, 3.63) is 41.2 Å². The Labute approximate surface area is 183 Å². The number of ether oxygens (including phenoxy) is 2. The number of rotatable bonds is 8. The lowest BCUT2D eigenvalue weighted by Gasteiger charge is -2.33. The molecule has 7 nitrogen and oxygen atoms in total. The van der Waals surface area contributed by atoms with Crippen molar-refractivity contribution >= 4 is 23.5 Å². The smallest absolute Gasteiger partial charge is 0.248 e. The van der Waals surface area contributed by atoms with E-state index in [0.717, 1.165) is 36.2 Å². The van der Waals surface area contributed by atoms with Gasteiger partial charge in [0.25, 0.3) is 0 Å². The molecule has 2 aromatic rings. The number of piperidine rings is 1. The van der Waals surface area contributed by atoms with Gasteiger partial charge in [-0.15, -0.1) is 0 Å². The van der Waals surface area contributed by atoms with Crippen LogP contribution in [0.25, 0.3) is 11.1 Å². The molecule has 8 heteroatoms. The molecule has 1 unspecified atom stereocenters. The Bertz CT molecular complexity index is 845. The van der Waals surface area contributed by atoms with Crippen LogP contribution in [0.3, 0.4) is 0 Å². The van der Waals surface area contributed by atoms with Gasteiger partial charge in [-0.1, -0.05) is 23.7 Å². The van der Waals surface area contributed by atoms with Gasteiger partial charge in [0.1, 0.15) is 6.61 Å². The molecule has 0 bridgehead atoms. The monoisotopic (exact) mass is 432 g/mol. The van der Waals surface area contributed by atoms with Crippen molar-refractivity contribution in [1.82, 2.24) is 14.9 Å². The van der Waals surface area contributed by atoms with Crippen LogP contribution in [0.15, 0.2) is 30.5 Å². The van der Waals surface area contributed by atoms with Gasteiger partial charge in [-0.05, 0) is 30.5 Å². The lowest BCUT2D eigenvalue weighted by Crippen LogP contribution is -2.41. The van der Waals surface area contributed by atoms with Gasteiger partial charge in [0.2, 0.25) is 11.9 Å². The summed E-state index contributed by atoms with van der Waals surface area (Å²) < 4.78 is 10.4. The summed E-state index contributed by atoms with van der Waals surface area (Å²) in [5.74, 6) is 0.800. The molecule has 1 aliphatic heterocycles. The van der Waals surface area contributed by atoms with E-state index in [0.29, 0.717) is 30.7 Å². The standard InChI is InChI=1S/C22H29ClN4O3/c1-26(2)22-24-13-19(16-6-8-18(23)9-7-16)21(25-22)17-5-4-10-27(14-17)20(28)15-30-12-11-29-3/h6-9,13,17H,4-5,10-12,14-15H2,1-3H3. The molecular weight excluding hydrogens is 404 g/mol. The number of carbonyl (C=O) groups is 1. The third kappa shape index (κ3) is 5.68. The molecule has 1 saturated heterocycles. The molecule has 1 aromatic heterocycles. The van der Waals surface area contributed by atoms with Crippen LogP contribution in [0.1, 0.15) is 24.5 Å². The largest absolute Gasteiger partial charge is 0.382 e. The molecule has 0 N–H and O–H groups in total. The van der Waals surface area contributed by atoms with Crippen LogP contribution in [0.5, 0.6) is 0 Å². The Morgan fingerprint density at radius 1 is 1.27 bits per heavy atom. The molecule has 3 rings (SSSR count). The maximum absolute atomic E-state index is 12.6. The molecule has 0 saturated carbocycles. The van der Waals surface area contributed by atoms with Gasteiger partial charge in [0.05, 0.1) is 18.9 Å². The second-order valence-corrected chi connectivity index (χ2v) is 8.03. The minimum Gasteiger partial charge on any atom is -0.382 e. The number of carbonyl (C=O) groups excluding carboxylic acids is 1. The van der Waals surface area contributed by atoms with Crippen molar-refractivity contribution in [2.24, 2.45) is 0 Å². The molecular formula is C22H29ClN4O3. The highest BCUT2D eigenvalue weighted by molar-refractivity contribution is 6.30. The number of aromatic nitrogens is 2. The summed E-state index contributed by atoms with van der Waals surface area (Å²) in [5, 5.41) is 0.689. The van der Waals surface area contributed by atoms with Gasteiger partial charge in [0, 0.05) is 57.0 Å². The van der Waals surface area contributed by atoms with Gasteiger partial charge in [-0.2, -0.15) is 0 Å². The topological polar surface area (TPSA) is 67.8 Å². The maximum Gasteiger partial charge on any atom is 0.248 e. The molecule has 1 atom stereocenters. The van der Waals surface area contributed by atoms with Crippen LogP contribution in [-0.2, 0) is 14.3 Å². The first-order valence-corrected chi connectivity index (χ1v) is 10.5. The second kappa shape index (κ2) is 10.7. The van der Waals surface area contributed by atoms with Crippen molar-refractivity contribution in [3.63, 3.8) is 0 Å². The third-order valence-electron chi connectivity index (χ3n) is 5.18. The van der Waals surface area contributed by atoms with E-state index < -0.39 is 0 Å². The molecule has 30 heavy (non-hydrogen) atoms. The Hall–Kier alpha value is -2.22. The number of amides is 1. The van der Waals surface area contributed by atoms with Gasteiger partial charge < -0.3 is 19.3 Å². The second-order valence-electron chi connectivity index (χ2n) is 7.59. The SMILES string of the molecule is COCCOCC(=O)N1CCCC(c2nc(N(C)C)ncc2-c2ccc(Cl)cc2)C1. The van der Waals surface area contributed by atoms with E-state index in [4.69, 9.17) is 26.1 Å². The molecule has 1 aromatic carbocycles. The number of hydrogen-bond acceptors (Lipinski definition) is 6. The lowest BCUT2D eigenvalue weighted by atomic mass is 9.90. The van der Waals surface area contributed by atoms with Gasteiger partial charge in [0.15, 0.2) is 0 Å². The number of likely N-dealkylation sites (tertiary alicyclic amines) is 1. The molecule has 2 heterocycles. The molecule has 0 aliphatic carbocycles. The van der Waals surface area contributed by atoms with E-state index in [1.807, 2.05) is 54.4 Å². The number of nitrogens with zero attached hydrogens (tertiary/aromatic N) is 4. The number of benzene rings is 1. The summed E-state index contributed by atoms with van der Waals surface area (Å²) in [6, 6.07) is 7.70. The van der Waals surface area contributed by atoms with E-state index >= 15 is 0 Å². The van der Waals surface area contributed by atoms with Crippen molar-refractivity contribution in [2.45, 2.75) is 18.8 Å². The lowest BCUT2D eigenvalue weighted by molar-refractivity contribution is -0.137. The fraction of sp³-hybridized carbons (Fsp3) is 0.500. The van der Waals surface area contributed by atoms with Crippen molar-refractivity contribution in [1.29, 1.82) is 0 Å². The third-order valence-corrected chi connectivity index (χ3v) is 5.43. The van der Waals surface area contributed by atoms with Crippen molar-refractivity contribution in [3.8, 4) is 11.1 Å². The quantitative estimate of drug-likeness (QED) is 0.596. The van der Waals surface area contributed by atoms with Gasteiger partial charge in [-0.3, -0.25) is 4.79 Å². The van der Waals surface area contributed by atoms with Gasteiger partial charge >= 0.3 is 0 Å². The fourth-order valence-corrected chi connectivity index (χ4v) is 3.71. The summed E-state index contributed by atoms with van der Waals surface area (Å²) >= 11 is 6.07. The van der Waals surface area contributed by atoms with Crippen LogP contribution in [0.2, 0.25) is 5.02 Å². The number of methoxy groups -OCH3 is 1. The van der Waals surface area contributed by atoms with Crippen LogP contribution in [0.4, 0.5) is 5.95 Å². The predicted molar refractivity (Wildman–Crippen MR) is 118 cm³/mol. The summed E-state index contributed by atoms with van der Waals surface area (Å²) in [7, 11) is 5.46. The summed E-state index contributed by atoms with van der Waals surface area (Å²) in [4.78, 5) is 25.8. The highest BCUT2D eigenvalue weighted by atomic mass is 35.5. The van der Waals surface area contributed by atoms with E-state index in [-0.39, 0.29) is 18.4 Å². The minimum atomic E-state index is 0.00531. The summed E-state index contributed by atoms with van der Waals surface area (Å²) in [6.07, 6.45) is 3.77. The zero-order chi connectivity index (χ0) is 21.5. The van der Waals surface area contributed by atoms with Crippen molar-refractivity contribution in [2.75, 3.05) is 59.0 Å². The average molecular weight is 433 g/mol. The van der Waals surface area contributed by atoms with Gasteiger partial charge in [-0.25, -0.2) is 9.97 Å². The summed E-state index contributed by atoms with van der Waals surface area (Å²) in [5.41, 5.74) is 2.97. The van der Waals surface area contributed by atoms with E-state index in [1.165, 1.54) is 0 Å². The molecule has 1 fully saturated rings. The van der Waals surface area contributed by atoms with E-state index in [9.17, 15) is 4.79 Å². The minimum absolute atomic E-state index is 0.00531. The first kappa shape index (κ1) is 22.5. The van der Waals surface area contributed by atoms with E-state index in [1.54, 1.807) is 7.11 Å². The average Bonchev–Trinajstić information content (AvgIpc) is 2.77.